The quantitative estimate of drug-likeness (QED) is 0.331. The number of para-hydroxylation sites is 1. The Morgan fingerprint density at radius 3 is 1.93 bits per heavy atom. The van der Waals surface area contributed by atoms with Crippen molar-refractivity contribution in [3.63, 3.8) is 0 Å². The summed E-state index contributed by atoms with van der Waals surface area (Å²) >= 11 is 0. The summed E-state index contributed by atoms with van der Waals surface area (Å²) in [4.78, 5) is 0. The van der Waals surface area contributed by atoms with Crippen LogP contribution < -0.4 is 4.74 Å². The first-order valence-corrected chi connectivity index (χ1v) is 12.8. The number of hydrogen-bond acceptors (Lipinski definition) is 1. The molecule has 1 aromatic rings. The molecule has 1 nitrogen and oxygen atoms in total. The first-order chi connectivity index (χ1) is 14.1. The topological polar surface area (TPSA) is 9.23 Å². The van der Waals surface area contributed by atoms with Gasteiger partial charge in [-0.2, -0.15) is 0 Å². The molecule has 0 saturated carbocycles. The molecule has 1 aromatic carbocycles. The summed E-state index contributed by atoms with van der Waals surface area (Å²) in [6, 6.07) is 8.65. The summed E-state index contributed by atoms with van der Waals surface area (Å²) in [6.45, 7) is 19.1. The predicted octanol–water partition coefficient (Wildman–Crippen LogP) is 9.41. The largest absolute Gasteiger partial charge is 0.487 e. The third-order valence-corrected chi connectivity index (χ3v) is 8.39. The normalized spacial score (nSPS) is 24.9. The molecule has 0 spiro atoms. The van der Waals surface area contributed by atoms with E-state index in [9.17, 15) is 0 Å². The molecule has 0 aliphatic carbocycles. The Morgan fingerprint density at radius 1 is 0.800 bits per heavy atom. The lowest BCUT2D eigenvalue weighted by Gasteiger charge is -2.52. The van der Waals surface area contributed by atoms with E-state index in [-0.39, 0.29) is 11.0 Å². The van der Waals surface area contributed by atoms with Crippen LogP contribution >= 0.6 is 0 Å². The van der Waals surface area contributed by atoms with Gasteiger partial charge in [0, 0.05) is 5.41 Å². The molecule has 1 heterocycles. The van der Waals surface area contributed by atoms with Crippen molar-refractivity contribution in [2.75, 3.05) is 0 Å². The standard InChI is InChI=1S/C29H50O/c1-22(2)14-11-15-23(3)16-12-17-24(4)18-13-21-29(8)28(6,7)25(5)26-19-9-10-20-27(26)30-29/h9-10,19-20,22-25H,11-18,21H2,1-8H3. The molecular weight excluding hydrogens is 364 g/mol. The maximum atomic E-state index is 6.65. The van der Waals surface area contributed by atoms with E-state index in [0.717, 1.165) is 29.9 Å². The molecule has 0 aromatic heterocycles. The first kappa shape index (κ1) is 25.3. The second-order valence-corrected chi connectivity index (χ2v) is 11.7. The van der Waals surface area contributed by atoms with Crippen LogP contribution in [0.3, 0.4) is 0 Å². The van der Waals surface area contributed by atoms with Gasteiger partial charge in [0.25, 0.3) is 0 Å². The van der Waals surface area contributed by atoms with E-state index >= 15 is 0 Å². The van der Waals surface area contributed by atoms with Gasteiger partial charge in [-0.3, -0.25) is 0 Å². The van der Waals surface area contributed by atoms with E-state index in [1.807, 2.05) is 0 Å². The third-order valence-electron chi connectivity index (χ3n) is 8.39. The Morgan fingerprint density at radius 2 is 1.33 bits per heavy atom. The average Bonchev–Trinajstić information content (AvgIpc) is 2.66. The zero-order valence-corrected chi connectivity index (χ0v) is 21.4. The maximum absolute atomic E-state index is 6.65. The predicted molar refractivity (Wildman–Crippen MR) is 132 cm³/mol. The van der Waals surface area contributed by atoms with Crippen molar-refractivity contribution in [1.29, 1.82) is 0 Å². The summed E-state index contributed by atoms with van der Waals surface area (Å²) in [5, 5.41) is 0. The van der Waals surface area contributed by atoms with Gasteiger partial charge >= 0.3 is 0 Å². The average molecular weight is 415 g/mol. The van der Waals surface area contributed by atoms with E-state index in [1.54, 1.807) is 0 Å². The minimum absolute atomic E-state index is 0.0918. The molecule has 1 heteroatoms. The summed E-state index contributed by atoms with van der Waals surface area (Å²) in [5.41, 5.74) is 1.41. The van der Waals surface area contributed by atoms with Crippen molar-refractivity contribution >= 4 is 0 Å². The number of ether oxygens (including phenoxy) is 1. The summed E-state index contributed by atoms with van der Waals surface area (Å²) < 4.78 is 6.65. The number of benzene rings is 1. The van der Waals surface area contributed by atoms with Crippen LogP contribution in [0, 0.1) is 23.2 Å². The van der Waals surface area contributed by atoms with Crippen molar-refractivity contribution in [2.45, 2.75) is 125 Å². The van der Waals surface area contributed by atoms with Gasteiger partial charge in [-0.25, -0.2) is 0 Å². The molecule has 30 heavy (non-hydrogen) atoms. The van der Waals surface area contributed by atoms with Gasteiger partial charge in [0.1, 0.15) is 11.4 Å². The van der Waals surface area contributed by atoms with Crippen LogP contribution in [0.4, 0.5) is 0 Å². The summed E-state index contributed by atoms with van der Waals surface area (Å²) in [7, 11) is 0. The number of rotatable bonds is 12. The van der Waals surface area contributed by atoms with E-state index in [1.165, 1.54) is 56.9 Å². The molecule has 4 atom stereocenters. The second kappa shape index (κ2) is 11.1. The third kappa shape index (κ3) is 6.51. The van der Waals surface area contributed by atoms with E-state index < -0.39 is 0 Å². The van der Waals surface area contributed by atoms with Gasteiger partial charge in [0.15, 0.2) is 0 Å². The Kier molecular flexibility index (Phi) is 9.32. The fraction of sp³-hybridized carbons (Fsp3) is 0.793. The van der Waals surface area contributed by atoms with Gasteiger partial charge in [0.2, 0.25) is 0 Å². The van der Waals surface area contributed by atoms with Crippen LogP contribution in [0.15, 0.2) is 24.3 Å². The minimum atomic E-state index is -0.0918. The number of fused-ring (bicyclic) bond motifs is 1. The molecule has 0 amide bonds. The molecule has 172 valence electrons. The van der Waals surface area contributed by atoms with E-state index in [4.69, 9.17) is 4.74 Å². The maximum Gasteiger partial charge on any atom is 0.123 e. The molecule has 4 unspecified atom stereocenters. The van der Waals surface area contributed by atoms with Crippen molar-refractivity contribution in [3.05, 3.63) is 29.8 Å². The van der Waals surface area contributed by atoms with Crippen LogP contribution in [0.1, 0.15) is 125 Å². The molecule has 0 N–H and O–H groups in total. The molecular formula is C29H50O. The van der Waals surface area contributed by atoms with Crippen LogP contribution in [0.25, 0.3) is 0 Å². The Hall–Kier alpha value is -0.980. The summed E-state index contributed by atoms with van der Waals surface area (Å²) in [5.74, 6) is 4.20. The monoisotopic (exact) mass is 414 g/mol. The SMILES string of the molecule is CC(C)CCCC(C)CCCC(C)CCCC1(C)Oc2ccccc2C(C)C1(C)C. The minimum Gasteiger partial charge on any atom is -0.487 e. The lowest BCUT2D eigenvalue weighted by molar-refractivity contribution is -0.0660. The number of hydrogen-bond donors (Lipinski definition) is 0. The second-order valence-electron chi connectivity index (χ2n) is 11.7. The fourth-order valence-electron chi connectivity index (χ4n) is 5.29. The molecule has 0 fully saturated rings. The molecule has 0 bridgehead atoms. The smallest absolute Gasteiger partial charge is 0.123 e. The van der Waals surface area contributed by atoms with Crippen LogP contribution in [-0.2, 0) is 0 Å². The molecule has 0 radical (unpaired) electrons. The lowest BCUT2D eigenvalue weighted by Crippen LogP contribution is -2.52. The highest BCUT2D eigenvalue weighted by atomic mass is 16.5. The Labute approximate surface area is 188 Å². The van der Waals surface area contributed by atoms with Crippen LogP contribution in [-0.4, -0.2) is 5.60 Å². The highest BCUT2D eigenvalue weighted by molar-refractivity contribution is 5.40. The van der Waals surface area contributed by atoms with Gasteiger partial charge in [-0.05, 0) is 55.1 Å². The van der Waals surface area contributed by atoms with Gasteiger partial charge < -0.3 is 4.74 Å². The van der Waals surface area contributed by atoms with Gasteiger partial charge in [0.05, 0.1) is 0 Å². The molecule has 2 rings (SSSR count). The van der Waals surface area contributed by atoms with Gasteiger partial charge in [-0.15, -0.1) is 0 Å². The van der Waals surface area contributed by atoms with Crippen LogP contribution in [0.2, 0.25) is 0 Å². The zero-order chi connectivity index (χ0) is 22.4. The first-order valence-electron chi connectivity index (χ1n) is 12.8. The molecule has 1 aliphatic rings. The van der Waals surface area contributed by atoms with Crippen LogP contribution in [0.5, 0.6) is 5.75 Å². The zero-order valence-electron chi connectivity index (χ0n) is 21.4. The Bertz CT molecular complexity index is 631. The van der Waals surface area contributed by atoms with Gasteiger partial charge in [-0.1, -0.05) is 112 Å². The highest BCUT2D eigenvalue weighted by Crippen LogP contribution is 2.54. The molecule has 1 aliphatic heterocycles. The van der Waals surface area contributed by atoms with E-state index in [2.05, 4.69) is 79.7 Å². The van der Waals surface area contributed by atoms with Crippen molar-refractivity contribution < 1.29 is 4.74 Å². The van der Waals surface area contributed by atoms with Crippen molar-refractivity contribution in [2.24, 2.45) is 23.2 Å². The lowest BCUT2D eigenvalue weighted by atomic mass is 9.62. The van der Waals surface area contributed by atoms with Crippen molar-refractivity contribution in [1.82, 2.24) is 0 Å². The summed E-state index contributed by atoms with van der Waals surface area (Å²) in [6.07, 6.45) is 12.1. The highest BCUT2D eigenvalue weighted by Gasteiger charge is 2.50. The Balaban J connectivity index is 1.75. The van der Waals surface area contributed by atoms with E-state index in [0.29, 0.717) is 5.92 Å². The molecule has 0 saturated heterocycles. The van der Waals surface area contributed by atoms with Crippen molar-refractivity contribution in [3.8, 4) is 5.75 Å². The fourth-order valence-corrected chi connectivity index (χ4v) is 5.29.